The topological polar surface area (TPSA) is 37.2 Å². The van der Waals surface area contributed by atoms with E-state index in [9.17, 15) is 0 Å². The smallest absolute Gasteiger partial charge is 0.160 e. The number of aryl methyl sites for hydroxylation is 2. The first kappa shape index (κ1) is 14.9. The summed E-state index contributed by atoms with van der Waals surface area (Å²) in [5.74, 6) is 1.19. The number of hydrogen-bond acceptors (Lipinski definition) is 4. The van der Waals surface area contributed by atoms with Crippen molar-refractivity contribution in [2.75, 3.05) is 38.1 Å². The molecule has 0 spiro atoms. The van der Waals surface area contributed by atoms with Gasteiger partial charge in [-0.15, -0.1) is 0 Å². The van der Waals surface area contributed by atoms with Gasteiger partial charge in [-0.1, -0.05) is 12.1 Å². The minimum absolute atomic E-state index is 1.02. The average molecular weight is 333 g/mol. The van der Waals surface area contributed by atoms with Gasteiger partial charge in [0.25, 0.3) is 0 Å². The van der Waals surface area contributed by atoms with E-state index in [1.54, 1.807) is 0 Å². The first-order valence-electron chi connectivity index (χ1n) is 9.18. The maximum atomic E-state index is 4.91. The number of anilines is 1. The van der Waals surface area contributed by atoms with Gasteiger partial charge in [-0.25, -0.2) is 9.97 Å². The van der Waals surface area contributed by atoms with Crippen LogP contribution in [0.5, 0.6) is 0 Å². The van der Waals surface area contributed by atoms with Crippen LogP contribution in [0.3, 0.4) is 0 Å². The monoisotopic (exact) mass is 333 g/mol. The summed E-state index contributed by atoms with van der Waals surface area (Å²) in [6, 6.07) is 13.1. The summed E-state index contributed by atoms with van der Waals surface area (Å²) in [4.78, 5) is 14.5. The molecule has 0 N–H and O–H groups in total. The predicted molar refractivity (Wildman–Crippen MR) is 101 cm³/mol. The largest absolute Gasteiger partial charge is 0.369 e. The number of rotatable bonds is 2. The molecular weight excluding hydrogens is 310 g/mol. The molecule has 0 atom stereocenters. The molecule has 25 heavy (non-hydrogen) atoms. The Morgan fingerprint density at radius 1 is 0.840 bits per heavy atom. The van der Waals surface area contributed by atoms with Gasteiger partial charge < -0.3 is 14.4 Å². The molecule has 0 radical (unpaired) electrons. The lowest BCUT2D eigenvalue weighted by Crippen LogP contribution is -2.44. The second-order valence-corrected chi connectivity index (χ2v) is 7.16. The fourth-order valence-electron chi connectivity index (χ4n) is 3.94. The summed E-state index contributed by atoms with van der Waals surface area (Å²) in [7, 11) is 2.19. The molecule has 1 aromatic carbocycles. The number of nitrogens with zero attached hydrogens (tertiary/aromatic N) is 5. The predicted octanol–water partition coefficient (Wildman–Crippen LogP) is 2.80. The Bertz CT molecular complexity index is 904. The number of likely N-dealkylation sites (N-methyl/N-ethyl adjacent to an activating group) is 1. The molecule has 0 saturated carbocycles. The quantitative estimate of drug-likeness (QED) is 0.723. The molecule has 0 bridgehead atoms. The molecular formula is C20H23N5. The Morgan fingerprint density at radius 3 is 2.44 bits per heavy atom. The number of piperazine rings is 1. The summed E-state index contributed by atoms with van der Waals surface area (Å²) < 4.78 is 2.28. The SMILES string of the molecule is CN1CCN(c2ccc(-c3ccc4nc5n(c4n3)CCC5)cc2)CC1. The van der Waals surface area contributed by atoms with Crippen LogP contribution < -0.4 is 4.90 Å². The van der Waals surface area contributed by atoms with Gasteiger partial charge in [0.2, 0.25) is 0 Å². The lowest BCUT2D eigenvalue weighted by Gasteiger charge is -2.34. The van der Waals surface area contributed by atoms with Crippen molar-refractivity contribution < 1.29 is 0 Å². The summed E-state index contributed by atoms with van der Waals surface area (Å²) >= 11 is 0. The number of fused-ring (bicyclic) bond motifs is 3. The van der Waals surface area contributed by atoms with Gasteiger partial charge in [-0.2, -0.15) is 0 Å². The molecule has 0 unspecified atom stereocenters. The normalized spacial score (nSPS) is 18.0. The van der Waals surface area contributed by atoms with E-state index in [4.69, 9.17) is 9.97 Å². The van der Waals surface area contributed by atoms with Gasteiger partial charge in [-0.3, -0.25) is 0 Å². The summed E-state index contributed by atoms with van der Waals surface area (Å²) in [5.41, 5.74) is 5.57. The second-order valence-electron chi connectivity index (χ2n) is 7.16. The fraction of sp³-hybridized carbons (Fsp3) is 0.400. The van der Waals surface area contributed by atoms with Gasteiger partial charge in [-0.05, 0) is 37.7 Å². The van der Waals surface area contributed by atoms with E-state index in [-0.39, 0.29) is 0 Å². The highest BCUT2D eigenvalue weighted by Crippen LogP contribution is 2.26. The molecule has 0 amide bonds. The maximum absolute atomic E-state index is 4.91. The highest BCUT2D eigenvalue weighted by atomic mass is 15.2. The molecule has 4 heterocycles. The first-order chi connectivity index (χ1) is 12.3. The van der Waals surface area contributed by atoms with Crippen molar-refractivity contribution in [1.82, 2.24) is 19.4 Å². The molecule has 5 nitrogen and oxygen atoms in total. The van der Waals surface area contributed by atoms with Crippen LogP contribution in [-0.2, 0) is 13.0 Å². The summed E-state index contributed by atoms with van der Waals surface area (Å²) in [6.45, 7) is 5.51. The number of imidazole rings is 1. The molecule has 0 aliphatic carbocycles. The van der Waals surface area contributed by atoms with Crippen LogP contribution in [0.1, 0.15) is 12.2 Å². The number of aromatic nitrogens is 3. The fourth-order valence-corrected chi connectivity index (χ4v) is 3.94. The average Bonchev–Trinajstić information content (AvgIpc) is 3.23. The van der Waals surface area contributed by atoms with Gasteiger partial charge >= 0.3 is 0 Å². The summed E-state index contributed by atoms with van der Waals surface area (Å²) in [5, 5.41) is 0. The first-order valence-corrected chi connectivity index (χ1v) is 9.18. The van der Waals surface area contributed by atoms with E-state index in [0.717, 1.165) is 56.0 Å². The van der Waals surface area contributed by atoms with Crippen LogP contribution in [0.15, 0.2) is 36.4 Å². The van der Waals surface area contributed by atoms with E-state index in [1.807, 2.05) is 0 Å². The maximum Gasteiger partial charge on any atom is 0.160 e. The highest BCUT2D eigenvalue weighted by molar-refractivity contribution is 5.76. The molecule has 5 heteroatoms. The van der Waals surface area contributed by atoms with Crippen molar-refractivity contribution in [1.29, 1.82) is 0 Å². The van der Waals surface area contributed by atoms with E-state index in [2.05, 4.69) is 57.8 Å². The van der Waals surface area contributed by atoms with Crippen LogP contribution in [0.4, 0.5) is 5.69 Å². The Labute approximate surface area is 147 Å². The zero-order valence-electron chi connectivity index (χ0n) is 14.6. The molecule has 5 rings (SSSR count). The van der Waals surface area contributed by atoms with Crippen LogP contribution in [0.25, 0.3) is 22.4 Å². The standard InChI is InChI=1S/C20H23N5/c1-23-11-13-24(14-12-23)16-6-4-15(5-7-16)17-8-9-18-20(22-17)25-10-2-3-19(25)21-18/h4-9H,2-3,10-14H2,1H3. The Balaban J connectivity index is 1.44. The van der Waals surface area contributed by atoms with Crippen LogP contribution >= 0.6 is 0 Å². The third-order valence-electron chi connectivity index (χ3n) is 5.48. The van der Waals surface area contributed by atoms with Crippen molar-refractivity contribution in [2.24, 2.45) is 0 Å². The minimum atomic E-state index is 1.02. The highest BCUT2D eigenvalue weighted by Gasteiger charge is 2.18. The number of benzene rings is 1. The molecule has 1 saturated heterocycles. The summed E-state index contributed by atoms with van der Waals surface area (Å²) in [6.07, 6.45) is 2.26. The molecule has 1 fully saturated rings. The van der Waals surface area contributed by atoms with Gasteiger partial charge in [0, 0.05) is 50.4 Å². The van der Waals surface area contributed by atoms with Crippen molar-refractivity contribution in [3.05, 3.63) is 42.2 Å². The van der Waals surface area contributed by atoms with Crippen molar-refractivity contribution in [3.63, 3.8) is 0 Å². The number of hydrogen-bond donors (Lipinski definition) is 0. The molecule has 128 valence electrons. The van der Waals surface area contributed by atoms with Crippen LogP contribution in [0, 0.1) is 0 Å². The van der Waals surface area contributed by atoms with Gasteiger partial charge in [0.1, 0.15) is 11.3 Å². The van der Waals surface area contributed by atoms with E-state index >= 15 is 0 Å². The molecule has 2 aromatic heterocycles. The van der Waals surface area contributed by atoms with E-state index in [0.29, 0.717) is 0 Å². The molecule has 3 aromatic rings. The Hall–Kier alpha value is -2.40. The van der Waals surface area contributed by atoms with Crippen molar-refractivity contribution in [3.8, 4) is 11.3 Å². The second kappa shape index (κ2) is 5.85. The zero-order chi connectivity index (χ0) is 16.8. The zero-order valence-corrected chi connectivity index (χ0v) is 14.6. The third-order valence-corrected chi connectivity index (χ3v) is 5.48. The van der Waals surface area contributed by atoms with Gasteiger partial charge in [0.05, 0.1) is 5.69 Å². The van der Waals surface area contributed by atoms with E-state index in [1.165, 1.54) is 23.5 Å². The van der Waals surface area contributed by atoms with Crippen molar-refractivity contribution >= 4 is 16.9 Å². The third kappa shape index (κ3) is 2.59. The van der Waals surface area contributed by atoms with Crippen molar-refractivity contribution in [2.45, 2.75) is 19.4 Å². The van der Waals surface area contributed by atoms with Crippen LogP contribution in [-0.4, -0.2) is 52.7 Å². The lowest BCUT2D eigenvalue weighted by atomic mass is 10.1. The van der Waals surface area contributed by atoms with Gasteiger partial charge in [0.15, 0.2) is 5.65 Å². The molecule has 2 aliphatic rings. The number of pyridine rings is 1. The minimum Gasteiger partial charge on any atom is -0.369 e. The Morgan fingerprint density at radius 2 is 1.64 bits per heavy atom. The molecule has 2 aliphatic heterocycles. The van der Waals surface area contributed by atoms with E-state index < -0.39 is 0 Å². The Kier molecular flexibility index (Phi) is 3.48. The lowest BCUT2D eigenvalue weighted by molar-refractivity contribution is 0.313. The van der Waals surface area contributed by atoms with Crippen LogP contribution in [0.2, 0.25) is 0 Å².